The van der Waals surface area contributed by atoms with Crippen molar-refractivity contribution in [2.75, 3.05) is 11.9 Å². The maximum atomic E-state index is 11.6. The Morgan fingerprint density at radius 3 is 2.83 bits per heavy atom. The van der Waals surface area contributed by atoms with E-state index in [-0.39, 0.29) is 0 Å². The van der Waals surface area contributed by atoms with E-state index in [2.05, 4.69) is 5.32 Å². The number of amides is 1. The highest BCUT2D eigenvalue weighted by molar-refractivity contribution is 5.96. The highest BCUT2D eigenvalue weighted by atomic mass is 16.5. The van der Waals surface area contributed by atoms with Crippen molar-refractivity contribution < 1.29 is 19.4 Å². The van der Waals surface area contributed by atoms with E-state index in [9.17, 15) is 9.59 Å². The molecule has 1 aromatic carbocycles. The molecule has 0 saturated heterocycles. The number of rotatable bonds is 6. The van der Waals surface area contributed by atoms with Gasteiger partial charge in [0.1, 0.15) is 5.75 Å². The largest absolute Gasteiger partial charge is 0.494 e. The maximum Gasteiger partial charge on any atom is 0.305 e. The monoisotopic (exact) mass is 252 g/mol. The number of hydrogen-bond acceptors (Lipinski definition) is 4. The summed E-state index contributed by atoms with van der Waals surface area (Å²) < 4.78 is 5.28. The van der Waals surface area contributed by atoms with Crippen LogP contribution in [0.1, 0.15) is 13.3 Å². The first-order chi connectivity index (χ1) is 8.52. The summed E-state index contributed by atoms with van der Waals surface area (Å²) in [6.07, 6.45) is -0.406. The van der Waals surface area contributed by atoms with Crippen LogP contribution in [-0.4, -0.2) is 29.6 Å². The summed E-state index contributed by atoms with van der Waals surface area (Å²) in [6, 6.07) is 5.74. The van der Waals surface area contributed by atoms with Gasteiger partial charge in [-0.1, -0.05) is 6.07 Å². The predicted molar refractivity (Wildman–Crippen MR) is 66.5 cm³/mol. The highest BCUT2D eigenvalue weighted by Crippen LogP contribution is 2.17. The average Bonchev–Trinajstić information content (AvgIpc) is 2.29. The molecule has 1 aromatic rings. The first-order valence-corrected chi connectivity index (χ1v) is 5.54. The zero-order valence-corrected chi connectivity index (χ0v) is 10.1. The number of nitrogens with one attached hydrogen (secondary N) is 1. The molecular weight excluding hydrogens is 236 g/mol. The summed E-state index contributed by atoms with van der Waals surface area (Å²) in [5.74, 6) is -1.02. The van der Waals surface area contributed by atoms with Crippen LogP contribution in [-0.2, 0) is 9.59 Å². The molecule has 1 unspecified atom stereocenters. The van der Waals surface area contributed by atoms with E-state index in [1.165, 1.54) is 0 Å². The second-order valence-corrected chi connectivity index (χ2v) is 3.65. The smallest absolute Gasteiger partial charge is 0.305 e. The van der Waals surface area contributed by atoms with Gasteiger partial charge in [-0.05, 0) is 19.1 Å². The van der Waals surface area contributed by atoms with Gasteiger partial charge < -0.3 is 20.9 Å². The predicted octanol–water partition coefficient (Wildman–Crippen LogP) is 0.826. The van der Waals surface area contributed by atoms with Gasteiger partial charge in [-0.2, -0.15) is 0 Å². The number of nitrogens with two attached hydrogens (primary N) is 1. The van der Waals surface area contributed by atoms with Gasteiger partial charge in [0.25, 0.3) is 0 Å². The quantitative estimate of drug-likeness (QED) is 0.696. The molecule has 0 radical (unpaired) electrons. The Hall–Kier alpha value is -2.08. The van der Waals surface area contributed by atoms with Crippen LogP contribution in [0.15, 0.2) is 24.3 Å². The summed E-state index contributed by atoms with van der Waals surface area (Å²) in [7, 11) is 0. The third kappa shape index (κ3) is 4.42. The number of carboxylic acid groups (broad SMARTS) is 1. The third-order valence-corrected chi connectivity index (χ3v) is 2.14. The molecule has 18 heavy (non-hydrogen) atoms. The minimum absolute atomic E-state index is 0.406. The van der Waals surface area contributed by atoms with Crippen LogP contribution in [0.2, 0.25) is 0 Å². The van der Waals surface area contributed by atoms with Crippen LogP contribution in [0.25, 0.3) is 0 Å². The van der Waals surface area contributed by atoms with Crippen molar-refractivity contribution in [1.29, 1.82) is 0 Å². The van der Waals surface area contributed by atoms with Gasteiger partial charge in [-0.25, -0.2) is 0 Å². The van der Waals surface area contributed by atoms with Crippen molar-refractivity contribution in [1.82, 2.24) is 0 Å². The molecule has 6 nitrogen and oxygen atoms in total. The summed E-state index contributed by atoms with van der Waals surface area (Å²) in [4.78, 5) is 22.0. The molecule has 1 amide bonds. The summed E-state index contributed by atoms with van der Waals surface area (Å²) >= 11 is 0. The van der Waals surface area contributed by atoms with Gasteiger partial charge >= 0.3 is 5.97 Å². The Balaban J connectivity index is 2.63. The van der Waals surface area contributed by atoms with Crippen molar-refractivity contribution in [3.8, 4) is 5.75 Å². The Bertz CT molecular complexity index is 434. The van der Waals surface area contributed by atoms with Crippen LogP contribution < -0.4 is 15.8 Å². The van der Waals surface area contributed by atoms with Crippen molar-refractivity contribution in [3.05, 3.63) is 24.3 Å². The number of benzene rings is 1. The molecule has 1 rings (SSSR count). The van der Waals surface area contributed by atoms with Gasteiger partial charge in [0.15, 0.2) is 0 Å². The van der Waals surface area contributed by atoms with Crippen molar-refractivity contribution >= 4 is 17.6 Å². The van der Waals surface area contributed by atoms with E-state index in [0.29, 0.717) is 18.0 Å². The Morgan fingerprint density at radius 1 is 1.50 bits per heavy atom. The maximum absolute atomic E-state index is 11.6. The second kappa shape index (κ2) is 6.61. The lowest BCUT2D eigenvalue weighted by Crippen LogP contribution is -2.37. The van der Waals surface area contributed by atoms with Crippen molar-refractivity contribution in [3.63, 3.8) is 0 Å². The molecule has 0 bridgehead atoms. The molecule has 0 aliphatic rings. The first-order valence-electron chi connectivity index (χ1n) is 5.54. The number of hydrogen-bond donors (Lipinski definition) is 3. The number of carbonyl (C=O) groups is 2. The minimum Gasteiger partial charge on any atom is -0.494 e. The number of carbonyl (C=O) groups excluding carboxylic acids is 1. The van der Waals surface area contributed by atoms with Gasteiger partial charge in [-0.15, -0.1) is 0 Å². The fourth-order valence-electron chi connectivity index (χ4n) is 1.35. The van der Waals surface area contributed by atoms with E-state index in [0.717, 1.165) is 0 Å². The lowest BCUT2D eigenvalue weighted by Gasteiger charge is -2.11. The van der Waals surface area contributed by atoms with Crippen LogP contribution in [0.5, 0.6) is 5.75 Å². The fraction of sp³-hybridized carbons (Fsp3) is 0.333. The molecule has 0 aliphatic carbocycles. The zero-order chi connectivity index (χ0) is 13.5. The highest BCUT2D eigenvalue weighted by Gasteiger charge is 2.17. The van der Waals surface area contributed by atoms with Gasteiger partial charge in [0.2, 0.25) is 5.91 Å². The molecule has 0 aliphatic heterocycles. The normalized spacial score (nSPS) is 11.7. The number of ether oxygens (including phenoxy) is 1. The van der Waals surface area contributed by atoms with Gasteiger partial charge in [-0.3, -0.25) is 9.59 Å². The molecule has 4 N–H and O–H groups in total. The summed E-state index contributed by atoms with van der Waals surface area (Å²) in [5.41, 5.74) is 5.96. The lowest BCUT2D eigenvalue weighted by atomic mass is 10.2. The van der Waals surface area contributed by atoms with E-state index in [1.807, 2.05) is 6.92 Å². The van der Waals surface area contributed by atoms with Gasteiger partial charge in [0, 0.05) is 11.8 Å². The average molecular weight is 252 g/mol. The molecule has 0 heterocycles. The zero-order valence-electron chi connectivity index (χ0n) is 10.1. The van der Waals surface area contributed by atoms with Crippen LogP contribution in [0.4, 0.5) is 5.69 Å². The van der Waals surface area contributed by atoms with E-state index >= 15 is 0 Å². The number of carboxylic acids is 1. The van der Waals surface area contributed by atoms with E-state index < -0.39 is 24.3 Å². The Labute approximate surface area is 105 Å². The third-order valence-electron chi connectivity index (χ3n) is 2.14. The second-order valence-electron chi connectivity index (χ2n) is 3.65. The SMILES string of the molecule is CCOc1cccc(NC(=O)C(N)CC(=O)O)c1. The topological polar surface area (TPSA) is 102 Å². The van der Waals surface area contributed by atoms with E-state index in [4.69, 9.17) is 15.6 Å². The fourth-order valence-corrected chi connectivity index (χ4v) is 1.35. The molecule has 0 fully saturated rings. The molecule has 1 atom stereocenters. The van der Waals surface area contributed by atoms with Crippen LogP contribution in [0.3, 0.4) is 0 Å². The number of anilines is 1. The molecule has 0 aromatic heterocycles. The Kier molecular flexibility index (Phi) is 5.13. The summed E-state index contributed by atoms with van der Waals surface area (Å²) in [5, 5.41) is 11.1. The standard InChI is InChI=1S/C12H16N2O4/c1-2-18-9-5-3-4-8(6-9)14-12(17)10(13)7-11(15)16/h3-6,10H,2,7,13H2,1H3,(H,14,17)(H,15,16). The summed E-state index contributed by atoms with van der Waals surface area (Å²) in [6.45, 7) is 2.38. The molecular formula is C12H16N2O4. The molecule has 6 heteroatoms. The van der Waals surface area contributed by atoms with Crippen molar-refractivity contribution in [2.24, 2.45) is 5.73 Å². The molecule has 98 valence electrons. The van der Waals surface area contributed by atoms with E-state index in [1.54, 1.807) is 24.3 Å². The van der Waals surface area contributed by atoms with Crippen molar-refractivity contribution in [2.45, 2.75) is 19.4 Å². The minimum atomic E-state index is -1.11. The van der Waals surface area contributed by atoms with Crippen LogP contribution in [0, 0.1) is 0 Å². The Morgan fingerprint density at radius 2 is 2.22 bits per heavy atom. The first kappa shape index (κ1) is 14.0. The molecule has 0 spiro atoms. The lowest BCUT2D eigenvalue weighted by molar-refractivity contribution is -0.138. The van der Waals surface area contributed by atoms with Crippen LogP contribution >= 0.6 is 0 Å². The molecule has 0 saturated carbocycles. The van der Waals surface area contributed by atoms with Gasteiger partial charge in [0.05, 0.1) is 19.1 Å². The number of aliphatic carboxylic acids is 1.